The van der Waals surface area contributed by atoms with Gasteiger partial charge in [0.25, 0.3) is 0 Å². The average molecular weight is 171 g/mol. The first kappa shape index (κ1) is 10.0. The van der Waals surface area contributed by atoms with Crippen LogP contribution in [0, 0.1) is 5.92 Å². The molecular formula is C10H21NO. The van der Waals surface area contributed by atoms with E-state index in [4.69, 9.17) is 5.11 Å². The van der Waals surface area contributed by atoms with Crippen molar-refractivity contribution in [2.75, 3.05) is 19.7 Å². The summed E-state index contributed by atoms with van der Waals surface area (Å²) < 4.78 is 0. The normalized spacial score (nSPS) is 32.2. The molecule has 1 saturated heterocycles. The molecule has 0 aromatic carbocycles. The van der Waals surface area contributed by atoms with Crippen LogP contribution >= 0.6 is 0 Å². The summed E-state index contributed by atoms with van der Waals surface area (Å²) in [6.07, 6.45) is 3.68. The highest BCUT2D eigenvalue weighted by molar-refractivity contribution is 4.79. The van der Waals surface area contributed by atoms with Gasteiger partial charge in [-0.15, -0.1) is 0 Å². The third-order valence-electron chi connectivity index (χ3n) is 2.82. The van der Waals surface area contributed by atoms with E-state index in [1.807, 2.05) is 0 Å². The Balaban J connectivity index is 2.39. The minimum absolute atomic E-state index is 0.338. The van der Waals surface area contributed by atoms with Crippen molar-refractivity contribution in [1.82, 2.24) is 4.90 Å². The summed E-state index contributed by atoms with van der Waals surface area (Å²) in [5.41, 5.74) is 0. The molecule has 72 valence electrons. The highest BCUT2D eigenvalue weighted by Crippen LogP contribution is 2.21. The Morgan fingerprint density at radius 2 is 2.25 bits per heavy atom. The molecule has 1 aliphatic heterocycles. The molecule has 1 aliphatic rings. The number of rotatable bonds is 3. The molecule has 2 nitrogen and oxygen atoms in total. The van der Waals surface area contributed by atoms with Crippen LogP contribution in [-0.4, -0.2) is 35.7 Å². The molecule has 0 bridgehead atoms. The number of hydrogen-bond donors (Lipinski definition) is 1. The number of aliphatic hydroxyl groups excluding tert-OH is 1. The Morgan fingerprint density at radius 3 is 2.83 bits per heavy atom. The fourth-order valence-electron chi connectivity index (χ4n) is 2.07. The molecule has 0 spiro atoms. The van der Waals surface area contributed by atoms with Crippen LogP contribution in [0.4, 0.5) is 0 Å². The largest absolute Gasteiger partial charge is 0.395 e. The lowest BCUT2D eigenvalue weighted by Crippen LogP contribution is -2.44. The number of nitrogens with zero attached hydrogens (tertiary/aromatic N) is 1. The van der Waals surface area contributed by atoms with E-state index in [2.05, 4.69) is 18.7 Å². The number of aliphatic hydroxyl groups is 1. The van der Waals surface area contributed by atoms with Gasteiger partial charge in [-0.3, -0.25) is 4.90 Å². The maximum atomic E-state index is 9.16. The Kier molecular flexibility index (Phi) is 4.02. The predicted molar refractivity (Wildman–Crippen MR) is 51.1 cm³/mol. The van der Waals surface area contributed by atoms with Crippen molar-refractivity contribution in [3.63, 3.8) is 0 Å². The van der Waals surface area contributed by atoms with E-state index >= 15 is 0 Å². The predicted octanol–water partition coefficient (Wildman–Crippen LogP) is 1.49. The fraction of sp³-hybridized carbons (Fsp3) is 1.00. The summed E-state index contributed by atoms with van der Waals surface area (Å²) in [5.74, 6) is 0.801. The van der Waals surface area contributed by atoms with E-state index in [1.54, 1.807) is 0 Å². The second-order valence-corrected chi connectivity index (χ2v) is 4.00. The average Bonchev–Trinajstić information content (AvgIpc) is 2.08. The monoisotopic (exact) mass is 171 g/mol. The molecule has 2 atom stereocenters. The lowest BCUT2D eigenvalue weighted by molar-refractivity contribution is 0.0695. The highest BCUT2D eigenvalue weighted by Gasteiger charge is 2.24. The van der Waals surface area contributed by atoms with Gasteiger partial charge >= 0.3 is 0 Å². The van der Waals surface area contributed by atoms with E-state index < -0.39 is 0 Å². The van der Waals surface area contributed by atoms with Crippen LogP contribution in [0.15, 0.2) is 0 Å². The highest BCUT2D eigenvalue weighted by atomic mass is 16.3. The summed E-state index contributed by atoms with van der Waals surface area (Å²) in [6.45, 7) is 7.15. The second kappa shape index (κ2) is 4.83. The lowest BCUT2D eigenvalue weighted by Gasteiger charge is -2.37. The van der Waals surface area contributed by atoms with Gasteiger partial charge in [-0.2, -0.15) is 0 Å². The molecule has 1 heterocycles. The topological polar surface area (TPSA) is 23.5 Å². The van der Waals surface area contributed by atoms with Crippen molar-refractivity contribution in [2.45, 2.75) is 39.2 Å². The van der Waals surface area contributed by atoms with Gasteiger partial charge in [0.15, 0.2) is 0 Å². The zero-order valence-corrected chi connectivity index (χ0v) is 8.29. The van der Waals surface area contributed by atoms with Crippen molar-refractivity contribution in [1.29, 1.82) is 0 Å². The molecule has 0 unspecified atom stereocenters. The molecule has 12 heavy (non-hydrogen) atoms. The van der Waals surface area contributed by atoms with E-state index in [0.717, 1.165) is 12.5 Å². The maximum absolute atomic E-state index is 9.16. The van der Waals surface area contributed by atoms with Crippen molar-refractivity contribution < 1.29 is 5.11 Å². The molecule has 0 aliphatic carbocycles. The summed E-state index contributed by atoms with van der Waals surface area (Å²) >= 11 is 0. The molecule has 0 amide bonds. The van der Waals surface area contributed by atoms with Gasteiger partial charge in [-0.25, -0.2) is 0 Å². The summed E-state index contributed by atoms with van der Waals surface area (Å²) in [5, 5.41) is 9.16. The van der Waals surface area contributed by atoms with Crippen LogP contribution in [-0.2, 0) is 0 Å². The quantitative estimate of drug-likeness (QED) is 0.695. The Morgan fingerprint density at radius 1 is 1.50 bits per heavy atom. The van der Waals surface area contributed by atoms with Gasteiger partial charge < -0.3 is 5.11 Å². The minimum atomic E-state index is 0.338. The first-order chi connectivity index (χ1) is 5.77. The molecule has 2 heteroatoms. The van der Waals surface area contributed by atoms with Gasteiger partial charge in [0.1, 0.15) is 0 Å². The molecule has 0 radical (unpaired) electrons. The SMILES string of the molecule is CCCN1CC[C@H](C)C[C@H]1CO. The van der Waals surface area contributed by atoms with Gasteiger partial charge in [-0.1, -0.05) is 13.8 Å². The van der Waals surface area contributed by atoms with Crippen LogP contribution in [0.1, 0.15) is 33.1 Å². The van der Waals surface area contributed by atoms with Crippen LogP contribution in [0.2, 0.25) is 0 Å². The third kappa shape index (κ3) is 2.46. The Bertz CT molecular complexity index is 127. The zero-order chi connectivity index (χ0) is 8.97. The molecule has 0 saturated carbocycles. The first-order valence-electron chi connectivity index (χ1n) is 5.12. The molecule has 1 fully saturated rings. The van der Waals surface area contributed by atoms with Crippen molar-refractivity contribution in [2.24, 2.45) is 5.92 Å². The Hall–Kier alpha value is -0.0800. The van der Waals surface area contributed by atoms with Gasteiger partial charge in [0, 0.05) is 6.04 Å². The summed E-state index contributed by atoms with van der Waals surface area (Å²) in [4.78, 5) is 2.43. The number of piperidine rings is 1. The maximum Gasteiger partial charge on any atom is 0.0586 e. The van der Waals surface area contributed by atoms with Crippen molar-refractivity contribution >= 4 is 0 Å². The van der Waals surface area contributed by atoms with Crippen molar-refractivity contribution in [3.05, 3.63) is 0 Å². The van der Waals surface area contributed by atoms with Gasteiger partial charge in [0.2, 0.25) is 0 Å². The van der Waals surface area contributed by atoms with Gasteiger partial charge in [-0.05, 0) is 38.3 Å². The number of hydrogen-bond acceptors (Lipinski definition) is 2. The van der Waals surface area contributed by atoms with Crippen LogP contribution in [0.25, 0.3) is 0 Å². The molecule has 1 rings (SSSR count). The molecule has 0 aromatic rings. The number of likely N-dealkylation sites (tertiary alicyclic amines) is 1. The van der Waals surface area contributed by atoms with Crippen LogP contribution in [0.3, 0.4) is 0 Å². The molecule has 0 aromatic heterocycles. The van der Waals surface area contributed by atoms with E-state index in [1.165, 1.54) is 25.8 Å². The molecular weight excluding hydrogens is 150 g/mol. The van der Waals surface area contributed by atoms with E-state index in [0.29, 0.717) is 12.6 Å². The van der Waals surface area contributed by atoms with Crippen molar-refractivity contribution in [3.8, 4) is 0 Å². The fourth-order valence-corrected chi connectivity index (χ4v) is 2.07. The van der Waals surface area contributed by atoms with E-state index in [-0.39, 0.29) is 0 Å². The third-order valence-corrected chi connectivity index (χ3v) is 2.82. The smallest absolute Gasteiger partial charge is 0.0586 e. The minimum Gasteiger partial charge on any atom is -0.395 e. The summed E-state index contributed by atoms with van der Waals surface area (Å²) in [6, 6.07) is 0.439. The van der Waals surface area contributed by atoms with Crippen LogP contribution in [0.5, 0.6) is 0 Å². The standard InChI is InChI=1S/C10H21NO/c1-3-5-11-6-4-9(2)7-10(11)8-12/h9-10,12H,3-8H2,1-2H3/t9-,10-/m0/s1. The lowest BCUT2D eigenvalue weighted by atomic mass is 9.93. The summed E-state index contributed by atoms with van der Waals surface area (Å²) in [7, 11) is 0. The second-order valence-electron chi connectivity index (χ2n) is 4.00. The Labute approximate surface area is 75.6 Å². The van der Waals surface area contributed by atoms with Gasteiger partial charge in [0.05, 0.1) is 6.61 Å². The first-order valence-corrected chi connectivity index (χ1v) is 5.12. The zero-order valence-electron chi connectivity index (χ0n) is 8.29. The molecule has 1 N–H and O–H groups in total. The van der Waals surface area contributed by atoms with Crippen LogP contribution < -0.4 is 0 Å². The van der Waals surface area contributed by atoms with E-state index in [9.17, 15) is 0 Å².